The molecule has 1 aromatic carbocycles. The Morgan fingerprint density at radius 3 is 2.88 bits per heavy atom. The molecule has 0 bridgehead atoms. The number of carbonyl (C=O) groups excluding carboxylic acids is 1. The summed E-state index contributed by atoms with van der Waals surface area (Å²) in [6, 6.07) is 12.9. The minimum absolute atomic E-state index is 0.121. The molecule has 1 amide bonds. The van der Waals surface area contributed by atoms with E-state index in [1.807, 2.05) is 6.07 Å². The lowest BCUT2D eigenvalue weighted by atomic mass is 10.1. The van der Waals surface area contributed by atoms with Crippen molar-refractivity contribution in [2.24, 2.45) is 5.92 Å². The number of amides is 1. The first-order valence-electron chi connectivity index (χ1n) is 9.22. The van der Waals surface area contributed by atoms with Gasteiger partial charge in [-0.15, -0.1) is 0 Å². The van der Waals surface area contributed by atoms with E-state index >= 15 is 0 Å². The van der Waals surface area contributed by atoms with Gasteiger partial charge in [0.25, 0.3) is 5.91 Å². The van der Waals surface area contributed by atoms with Gasteiger partial charge in [-0.2, -0.15) is 0 Å². The summed E-state index contributed by atoms with van der Waals surface area (Å²) in [6.45, 7) is 4.95. The summed E-state index contributed by atoms with van der Waals surface area (Å²) in [5.74, 6) is 1.70. The zero-order chi connectivity index (χ0) is 17.2. The standard InChI is InChI=1S/C20H25N3O2/c1-14-9-16(13-23(14)12-15-5-3-2-4-6-15)11-21-20(24)18-10-19(25-22-18)17-7-8-17/h2-6,10,14,16-17H,7-9,11-13H2,1H3,(H,21,24)/t14-,16+/m0/s1. The van der Waals surface area contributed by atoms with Gasteiger partial charge in [0.2, 0.25) is 0 Å². The molecule has 0 radical (unpaired) electrons. The Bertz CT molecular complexity index is 724. The third-order valence-electron chi connectivity index (χ3n) is 5.31. The predicted octanol–water partition coefficient (Wildman–Crippen LogP) is 3.19. The van der Waals surface area contributed by atoms with Crippen molar-refractivity contribution in [3.8, 4) is 0 Å². The maximum atomic E-state index is 12.3. The van der Waals surface area contributed by atoms with Crippen LogP contribution in [-0.2, 0) is 6.54 Å². The summed E-state index contributed by atoms with van der Waals surface area (Å²) in [4.78, 5) is 14.8. The molecule has 2 aliphatic rings. The van der Waals surface area contributed by atoms with E-state index in [0.717, 1.165) is 38.1 Å². The molecular weight excluding hydrogens is 314 g/mol. The Balaban J connectivity index is 1.27. The molecule has 1 aliphatic carbocycles. The van der Waals surface area contributed by atoms with Gasteiger partial charge in [0.05, 0.1) is 0 Å². The van der Waals surface area contributed by atoms with Gasteiger partial charge >= 0.3 is 0 Å². The molecule has 0 unspecified atom stereocenters. The monoisotopic (exact) mass is 339 g/mol. The van der Waals surface area contributed by atoms with Gasteiger partial charge in [-0.1, -0.05) is 35.5 Å². The first-order valence-corrected chi connectivity index (χ1v) is 9.22. The Morgan fingerprint density at radius 2 is 2.12 bits per heavy atom. The van der Waals surface area contributed by atoms with Gasteiger partial charge in [-0.3, -0.25) is 9.69 Å². The molecule has 132 valence electrons. The second-order valence-electron chi connectivity index (χ2n) is 7.46. The largest absolute Gasteiger partial charge is 0.360 e. The summed E-state index contributed by atoms with van der Waals surface area (Å²) >= 11 is 0. The van der Waals surface area contributed by atoms with Crippen LogP contribution in [0.4, 0.5) is 0 Å². The molecule has 5 heteroatoms. The predicted molar refractivity (Wildman–Crippen MR) is 95.2 cm³/mol. The Hall–Kier alpha value is -2.14. The van der Waals surface area contributed by atoms with Crippen LogP contribution >= 0.6 is 0 Å². The number of benzene rings is 1. The van der Waals surface area contributed by atoms with Crippen molar-refractivity contribution >= 4 is 5.91 Å². The first-order chi connectivity index (χ1) is 12.2. The van der Waals surface area contributed by atoms with Crippen molar-refractivity contribution in [2.75, 3.05) is 13.1 Å². The van der Waals surface area contributed by atoms with Crippen molar-refractivity contribution in [1.82, 2.24) is 15.4 Å². The molecule has 1 saturated heterocycles. The molecule has 1 aromatic heterocycles. The van der Waals surface area contributed by atoms with Crippen molar-refractivity contribution in [1.29, 1.82) is 0 Å². The SMILES string of the molecule is C[C@H]1C[C@H](CNC(=O)c2cc(C3CC3)on2)CN1Cc1ccccc1. The number of aromatic nitrogens is 1. The average Bonchev–Trinajstić information content (AvgIpc) is 3.25. The number of carbonyl (C=O) groups is 1. The molecule has 25 heavy (non-hydrogen) atoms. The van der Waals surface area contributed by atoms with Gasteiger partial charge in [0.15, 0.2) is 5.69 Å². The highest BCUT2D eigenvalue weighted by molar-refractivity contribution is 5.92. The van der Waals surface area contributed by atoms with E-state index in [1.165, 1.54) is 5.56 Å². The molecule has 2 heterocycles. The number of likely N-dealkylation sites (tertiary alicyclic amines) is 1. The fraction of sp³-hybridized carbons (Fsp3) is 0.500. The smallest absolute Gasteiger partial charge is 0.273 e. The number of nitrogens with zero attached hydrogens (tertiary/aromatic N) is 2. The molecule has 0 spiro atoms. The lowest BCUT2D eigenvalue weighted by Gasteiger charge is -2.21. The fourth-order valence-electron chi connectivity index (χ4n) is 3.69. The van der Waals surface area contributed by atoms with E-state index in [2.05, 4.69) is 46.6 Å². The molecule has 5 nitrogen and oxygen atoms in total. The van der Waals surface area contributed by atoms with Crippen LogP contribution < -0.4 is 5.32 Å². The fourth-order valence-corrected chi connectivity index (χ4v) is 3.69. The molecule has 2 aromatic rings. The second-order valence-corrected chi connectivity index (χ2v) is 7.46. The van der Waals surface area contributed by atoms with Gasteiger partial charge < -0.3 is 9.84 Å². The Kier molecular flexibility index (Phi) is 4.57. The van der Waals surface area contributed by atoms with Gasteiger partial charge in [-0.05, 0) is 37.7 Å². The third kappa shape index (κ3) is 3.93. The lowest BCUT2D eigenvalue weighted by molar-refractivity contribution is 0.0938. The molecule has 2 fully saturated rings. The van der Waals surface area contributed by atoms with E-state index in [-0.39, 0.29) is 5.91 Å². The Morgan fingerprint density at radius 1 is 1.32 bits per heavy atom. The molecular formula is C20H25N3O2. The van der Waals surface area contributed by atoms with E-state index in [1.54, 1.807) is 6.07 Å². The van der Waals surface area contributed by atoms with Crippen molar-refractivity contribution in [3.05, 3.63) is 53.4 Å². The van der Waals surface area contributed by atoms with Crippen LogP contribution in [0.3, 0.4) is 0 Å². The Labute approximate surface area is 148 Å². The van der Waals surface area contributed by atoms with Gasteiger partial charge in [-0.25, -0.2) is 0 Å². The van der Waals surface area contributed by atoms with Crippen LogP contribution in [0.15, 0.2) is 40.9 Å². The maximum absolute atomic E-state index is 12.3. The highest BCUT2D eigenvalue weighted by Gasteiger charge is 2.31. The first kappa shape index (κ1) is 16.3. The highest BCUT2D eigenvalue weighted by Crippen LogP contribution is 2.40. The van der Waals surface area contributed by atoms with E-state index in [9.17, 15) is 4.79 Å². The second kappa shape index (κ2) is 7.00. The van der Waals surface area contributed by atoms with E-state index in [4.69, 9.17) is 4.52 Å². The average molecular weight is 339 g/mol. The van der Waals surface area contributed by atoms with Crippen LogP contribution in [0.5, 0.6) is 0 Å². The molecule has 1 aliphatic heterocycles. The normalized spacial score (nSPS) is 23.7. The molecule has 4 rings (SSSR count). The van der Waals surface area contributed by atoms with Crippen molar-refractivity contribution < 1.29 is 9.32 Å². The van der Waals surface area contributed by atoms with Gasteiger partial charge in [0.1, 0.15) is 5.76 Å². The topological polar surface area (TPSA) is 58.4 Å². The van der Waals surface area contributed by atoms with Crippen LogP contribution in [-0.4, -0.2) is 35.1 Å². The lowest BCUT2D eigenvalue weighted by Crippen LogP contribution is -2.31. The van der Waals surface area contributed by atoms with E-state index in [0.29, 0.717) is 30.1 Å². The van der Waals surface area contributed by atoms with Crippen molar-refractivity contribution in [3.63, 3.8) is 0 Å². The number of hydrogen-bond donors (Lipinski definition) is 1. The van der Waals surface area contributed by atoms with E-state index < -0.39 is 0 Å². The van der Waals surface area contributed by atoms with Crippen molar-refractivity contribution in [2.45, 2.75) is 44.7 Å². The van der Waals surface area contributed by atoms with Gasteiger partial charge in [0, 0.05) is 37.7 Å². The van der Waals surface area contributed by atoms with Crippen LogP contribution in [0.2, 0.25) is 0 Å². The number of nitrogens with one attached hydrogen (secondary N) is 1. The molecule has 2 atom stereocenters. The minimum atomic E-state index is -0.121. The summed E-state index contributed by atoms with van der Waals surface area (Å²) in [7, 11) is 0. The number of rotatable bonds is 6. The van der Waals surface area contributed by atoms with Crippen LogP contribution in [0.25, 0.3) is 0 Å². The summed E-state index contributed by atoms with van der Waals surface area (Å²) in [5, 5.41) is 6.94. The highest BCUT2D eigenvalue weighted by atomic mass is 16.5. The summed E-state index contributed by atoms with van der Waals surface area (Å²) < 4.78 is 5.26. The third-order valence-corrected chi connectivity index (χ3v) is 5.31. The maximum Gasteiger partial charge on any atom is 0.273 e. The van der Waals surface area contributed by atoms with Crippen LogP contribution in [0, 0.1) is 5.92 Å². The minimum Gasteiger partial charge on any atom is -0.360 e. The zero-order valence-corrected chi connectivity index (χ0v) is 14.6. The molecule has 1 saturated carbocycles. The number of hydrogen-bond acceptors (Lipinski definition) is 4. The zero-order valence-electron chi connectivity index (χ0n) is 14.6. The summed E-state index contributed by atoms with van der Waals surface area (Å²) in [5.41, 5.74) is 1.75. The van der Waals surface area contributed by atoms with Crippen LogP contribution in [0.1, 0.15) is 53.9 Å². The quantitative estimate of drug-likeness (QED) is 0.878. The summed E-state index contributed by atoms with van der Waals surface area (Å²) in [6.07, 6.45) is 3.40. The molecule has 1 N–H and O–H groups in total.